The molecule has 1 heterocycles. The quantitative estimate of drug-likeness (QED) is 0.803. The first-order valence-electron chi connectivity index (χ1n) is 6.14. The van der Waals surface area contributed by atoms with Gasteiger partial charge in [0.15, 0.2) is 0 Å². The zero-order chi connectivity index (χ0) is 11.7. The van der Waals surface area contributed by atoms with Crippen LogP contribution in [-0.2, 0) is 0 Å². The molecule has 2 aromatic rings. The van der Waals surface area contributed by atoms with E-state index in [0.29, 0.717) is 11.8 Å². The summed E-state index contributed by atoms with van der Waals surface area (Å²) in [5.41, 5.74) is 7.76. The number of fused-ring (bicyclic) bond motifs is 1. The highest BCUT2D eigenvalue weighted by atomic mass is 16.5. The fourth-order valence-electron chi connectivity index (χ4n) is 2.44. The van der Waals surface area contributed by atoms with Crippen LogP contribution in [0.15, 0.2) is 30.5 Å². The Hall–Kier alpha value is -1.77. The lowest BCUT2D eigenvalue weighted by Gasteiger charge is -2.15. The Morgan fingerprint density at radius 1 is 1.18 bits per heavy atom. The van der Waals surface area contributed by atoms with Crippen molar-refractivity contribution in [2.24, 2.45) is 0 Å². The SMILES string of the molecule is Nc1c(OC2CCCC2)ccc2ncccc12. The number of hydrogen-bond acceptors (Lipinski definition) is 3. The van der Waals surface area contributed by atoms with E-state index in [1.807, 2.05) is 24.3 Å². The van der Waals surface area contributed by atoms with Crippen LogP contribution in [0.1, 0.15) is 25.7 Å². The number of benzene rings is 1. The zero-order valence-corrected chi connectivity index (χ0v) is 9.73. The summed E-state index contributed by atoms with van der Waals surface area (Å²) in [5, 5.41) is 0.975. The van der Waals surface area contributed by atoms with Gasteiger partial charge in [-0.2, -0.15) is 0 Å². The Kier molecular flexibility index (Phi) is 2.59. The lowest BCUT2D eigenvalue weighted by atomic mass is 10.1. The molecule has 1 saturated carbocycles. The molecule has 1 aromatic carbocycles. The molecule has 0 spiro atoms. The largest absolute Gasteiger partial charge is 0.488 e. The number of nitrogens with zero attached hydrogens (tertiary/aromatic N) is 1. The van der Waals surface area contributed by atoms with Crippen molar-refractivity contribution in [2.45, 2.75) is 31.8 Å². The van der Waals surface area contributed by atoms with Gasteiger partial charge in [0.2, 0.25) is 0 Å². The van der Waals surface area contributed by atoms with Crippen molar-refractivity contribution in [1.29, 1.82) is 0 Å². The maximum atomic E-state index is 6.13. The molecule has 0 saturated heterocycles. The lowest BCUT2D eigenvalue weighted by Crippen LogP contribution is -2.12. The fourth-order valence-corrected chi connectivity index (χ4v) is 2.44. The molecule has 0 aliphatic heterocycles. The van der Waals surface area contributed by atoms with E-state index in [4.69, 9.17) is 10.5 Å². The van der Waals surface area contributed by atoms with Crippen LogP contribution >= 0.6 is 0 Å². The first-order valence-corrected chi connectivity index (χ1v) is 6.14. The van der Waals surface area contributed by atoms with Gasteiger partial charge in [-0.1, -0.05) is 0 Å². The Bertz CT molecular complexity index is 533. The topological polar surface area (TPSA) is 48.1 Å². The number of nitrogens with two attached hydrogens (primary N) is 1. The number of rotatable bonds is 2. The molecule has 3 heteroatoms. The summed E-state index contributed by atoms with van der Waals surface area (Å²) in [4.78, 5) is 4.28. The molecule has 88 valence electrons. The van der Waals surface area contributed by atoms with Gasteiger partial charge in [0.05, 0.1) is 17.3 Å². The first-order chi connectivity index (χ1) is 8.34. The van der Waals surface area contributed by atoms with Gasteiger partial charge in [-0.05, 0) is 49.9 Å². The van der Waals surface area contributed by atoms with Crippen LogP contribution < -0.4 is 10.5 Å². The number of anilines is 1. The molecule has 1 aliphatic rings. The van der Waals surface area contributed by atoms with Gasteiger partial charge in [0.1, 0.15) is 5.75 Å². The van der Waals surface area contributed by atoms with Crippen LogP contribution in [0, 0.1) is 0 Å². The third-order valence-corrected chi connectivity index (χ3v) is 3.38. The van der Waals surface area contributed by atoms with Crippen LogP contribution in [0.25, 0.3) is 10.9 Å². The van der Waals surface area contributed by atoms with Crippen LogP contribution in [0.2, 0.25) is 0 Å². The van der Waals surface area contributed by atoms with E-state index in [-0.39, 0.29) is 0 Å². The average molecular weight is 228 g/mol. The highest BCUT2D eigenvalue weighted by Crippen LogP contribution is 2.32. The average Bonchev–Trinajstić information content (AvgIpc) is 2.86. The molecule has 0 radical (unpaired) electrons. The molecule has 1 fully saturated rings. The summed E-state index contributed by atoms with van der Waals surface area (Å²) in [6.07, 6.45) is 6.93. The number of ether oxygens (including phenoxy) is 1. The molecule has 3 nitrogen and oxygen atoms in total. The third kappa shape index (κ3) is 1.93. The monoisotopic (exact) mass is 228 g/mol. The van der Waals surface area contributed by atoms with E-state index in [0.717, 1.165) is 29.5 Å². The predicted octanol–water partition coefficient (Wildman–Crippen LogP) is 3.14. The standard InChI is InChI=1S/C14H16N2O/c15-14-11-6-3-9-16-12(11)7-8-13(14)17-10-4-1-2-5-10/h3,6-10H,1-2,4-5,15H2. The Balaban J connectivity index is 1.96. The molecule has 1 aromatic heterocycles. The number of aromatic nitrogens is 1. The summed E-state index contributed by atoms with van der Waals surface area (Å²) in [6.45, 7) is 0. The minimum absolute atomic E-state index is 0.339. The minimum atomic E-state index is 0.339. The van der Waals surface area contributed by atoms with Crippen molar-refractivity contribution in [3.63, 3.8) is 0 Å². The number of pyridine rings is 1. The summed E-state index contributed by atoms with van der Waals surface area (Å²) >= 11 is 0. The van der Waals surface area contributed by atoms with Gasteiger partial charge in [0.25, 0.3) is 0 Å². The first kappa shape index (κ1) is 10.4. The molecular weight excluding hydrogens is 212 g/mol. The molecule has 0 atom stereocenters. The molecule has 0 amide bonds. The molecular formula is C14H16N2O. The van der Waals surface area contributed by atoms with Crippen LogP contribution in [0.5, 0.6) is 5.75 Å². The van der Waals surface area contributed by atoms with Gasteiger partial charge in [0, 0.05) is 11.6 Å². The molecule has 0 unspecified atom stereocenters. The highest BCUT2D eigenvalue weighted by molar-refractivity contribution is 5.93. The van der Waals surface area contributed by atoms with Crippen molar-refractivity contribution in [1.82, 2.24) is 4.98 Å². The van der Waals surface area contributed by atoms with Gasteiger partial charge in [-0.3, -0.25) is 4.98 Å². The Morgan fingerprint density at radius 3 is 2.82 bits per heavy atom. The molecule has 17 heavy (non-hydrogen) atoms. The number of hydrogen-bond donors (Lipinski definition) is 1. The predicted molar refractivity (Wildman–Crippen MR) is 69.0 cm³/mol. The Morgan fingerprint density at radius 2 is 2.00 bits per heavy atom. The molecule has 2 N–H and O–H groups in total. The van der Waals surface area contributed by atoms with Crippen molar-refractivity contribution < 1.29 is 4.74 Å². The maximum absolute atomic E-state index is 6.13. The highest BCUT2D eigenvalue weighted by Gasteiger charge is 2.18. The van der Waals surface area contributed by atoms with E-state index in [1.165, 1.54) is 12.8 Å². The lowest BCUT2D eigenvalue weighted by molar-refractivity contribution is 0.211. The van der Waals surface area contributed by atoms with Crippen LogP contribution in [-0.4, -0.2) is 11.1 Å². The van der Waals surface area contributed by atoms with E-state index in [1.54, 1.807) is 6.20 Å². The minimum Gasteiger partial charge on any atom is -0.488 e. The van der Waals surface area contributed by atoms with Crippen molar-refractivity contribution in [3.8, 4) is 5.75 Å². The van der Waals surface area contributed by atoms with Crippen LogP contribution in [0.3, 0.4) is 0 Å². The van der Waals surface area contributed by atoms with E-state index < -0.39 is 0 Å². The third-order valence-electron chi connectivity index (χ3n) is 3.38. The zero-order valence-electron chi connectivity index (χ0n) is 9.73. The fraction of sp³-hybridized carbons (Fsp3) is 0.357. The number of nitrogen functional groups attached to an aromatic ring is 1. The summed E-state index contributed by atoms with van der Waals surface area (Å²) in [5.74, 6) is 0.803. The second-order valence-corrected chi connectivity index (χ2v) is 4.57. The van der Waals surface area contributed by atoms with Crippen LogP contribution in [0.4, 0.5) is 5.69 Å². The van der Waals surface area contributed by atoms with Gasteiger partial charge < -0.3 is 10.5 Å². The molecule has 1 aliphatic carbocycles. The normalized spacial score (nSPS) is 16.5. The second-order valence-electron chi connectivity index (χ2n) is 4.57. The van der Waals surface area contributed by atoms with Crippen molar-refractivity contribution in [2.75, 3.05) is 5.73 Å². The van der Waals surface area contributed by atoms with E-state index >= 15 is 0 Å². The summed E-state index contributed by atoms with van der Waals surface area (Å²) in [7, 11) is 0. The summed E-state index contributed by atoms with van der Waals surface area (Å²) in [6, 6.07) is 7.79. The van der Waals surface area contributed by atoms with Crippen molar-refractivity contribution in [3.05, 3.63) is 30.5 Å². The Labute approximate surface area is 101 Å². The van der Waals surface area contributed by atoms with Crippen molar-refractivity contribution >= 4 is 16.6 Å². The maximum Gasteiger partial charge on any atom is 0.143 e. The van der Waals surface area contributed by atoms with E-state index in [2.05, 4.69) is 4.98 Å². The van der Waals surface area contributed by atoms with Gasteiger partial charge in [-0.25, -0.2) is 0 Å². The van der Waals surface area contributed by atoms with Gasteiger partial charge >= 0.3 is 0 Å². The summed E-state index contributed by atoms with van der Waals surface area (Å²) < 4.78 is 5.96. The van der Waals surface area contributed by atoms with Gasteiger partial charge in [-0.15, -0.1) is 0 Å². The van der Waals surface area contributed by atoms with E-state index in [9.17, 15) is 0 Å². The molecule has 0 bridgehead atoms. The molecule has 3 rings (SSSR count). The smallest absolute Gasteiger partial charge is 0.143 e. The second kappa shape index (κ2) is 4.24.